The summed E-state index contributed by atoms with van der Waals surface area (Å²) in [6.07, 6.45) is 2.74. The lowest BCUT2D eigenvalue weighted by Gasteiger charge is -2.08. The fourth-order valence-electron chi connectivity index (χ4n) is 2.32. The Morgan fingerprint density at radius 2 is 1.90 bits per heavy atom. The summed E-state index contributed by atoms with van der Waals surface area (Å²) >= 11 is 5.97. The molecule has 0 unspecified atom stereocenters. The normalized spacial score (nSPS) is 10.4. The molecule has 0 atom stereocenters. The molecule has 21 heavy (non-hydrogen) atoms. The SMILES string of the molecule is COc1ccc(Cl)cc1CC(=O)CCCc1ccccc1. The average molecular weight is 303 g/mol. The van der Waals surface area contributed by atoms with E-state index in [1.54, 1.807) is 25.3 Å². The monoisotopic (exact) mass is 302 g/mol. The van der Waals surface area contributed by atoms with E-state index in [4.69, 9.17) is 16.3 Å². The van der Waals surface area contributed by atoms with Crippen LogP contribution in [0.5, 0.6) is 5.75 Å². The molecule has 0 amide bonds. The summed E-state index contributed by atoms with van der Waals surface area (Å²) in [4.78, 5) is 12.1. The van der Waals surface area contributed by atoms with Gasteiger partial charge in [0.15, 0.2) is 0 Å². The first-order chi connectivity index (χ1) is 10.2. The lowest BCUT2D eigenvalue weighted by atomic mass is 10.0. The zero-order valence-corrected chi connectivity index (χ0v) is 12.9. The van der Waals surface area contributed by atoms with E-state index in [-0.39, 0.29) is 5.78 Å². The summed E-state index contributed by atoms with van der Waals surface area (Å²) < 4.78 is 5.26. The molecule has 3 heteroatoms. The number of hydrogen-bond donors (Lipinski definition) is 0. The van der Waals surface area contributed by atoms with Gasteiger partial charge in [-0.25, -0.2) is 0 Å². The maximum Gasteiger partial charge on any atom is 0.137 e. The summed E-state index contributed by atoms with van der Waals surface area (Å²) in [7, 11) is 1.60. The van der Waals surface area contributed by atoms with E-state index in [1.165, 1.54) is 5.56 Å². The number of hydrogen-bond acceptors (Lipinski definition) is 2. The number of Topliss-reactive ketones (excluding diaryl/α,β-unsaturated/α-hetero) is 1. The summed E-state index contributed by atoms with van der Waals surface area (Å²) in [5, 5.41) is 0.628. The van der Waals surface area contributed by atoms with Gasteiger partial charge < -0.3 is 4.74 Å². The molecule has 110 valence electrons. The molecule has 0 radical (unpaired) electrons. The molecule has 0 aliphatic heterocycles. The van der Waals surface area contributed by atoms with Crippen LogP contribution in [0.4, 0.5) is 0 Å². The van der Waals surface area contributed by atoms with Crippen molar-refractivity contribution in [2.24, 2.45) is 0 Å². The van der Waals surface area contributed by atoms with E-state index >= 15 is 0 Å². The Morgan fingerprint density at radius 1 is 1.14 bits per heavy atom. The third-order valence-electron chi connectivity index (χ3n) is 3.39. The molecule has 0 saturated heterocycles. The number of rotatable bonds is 7. The second kappa shape index (κ2) is 7.84. The van der Waals surface area contributed by atoms with Gasteiger partial charge in [-0.3, -0.25) is 4.79 Å². The van der Waals surface area contributed by atoms with Crippen LogP contribution in [-0.4, -0.2) is 12.9 Å². The minimum atomic E-state index is 0.214. The van der Waals surface area contributed by atoms with Crippen molar-refractivity contribution in [3.63, 3.8) is 0 Å². The maximum absolute atomic E-state index is 12.1. The molecule has 0 fully saturated rings. The third kappa shape index (κ3) is 4.91. The van der Waals surface area contributed by atoms with Gasteiger partial charge in [0.25, 0.3) is 0 Å². The molecule has 0 saturated carbocycles. The molecule has 0 aliphatic carbocycles. The number of ketones is 1. The number of halogens is 1. The van der Waals surface area contributed by atoms with Gasteiger partial charge in [0.05, 0.1) is 7.11 Å². The lowest BCUT2D eigenvalue weighted by Crippen LogP contribution is -2.05. The standard InChI is InChI=1S/C18H19ClO2/c1-21-18-11-10-16(19)12-15(18)13-17(20)9-5-8-14-6-3-2-4-7-14/h2-4,6-7,10-12H,5,8-9,13H2,1H3. The van der Waals surface area contributed by atoms with E-state index in [0.29, 0.717) is 17.9 Å². The van der Waals surface area contributed by atoms with Crippen LogP contribution in [0, 0.1) is 0 Å². The van der Waals surface area contributed by atoms with Crippen LogP contribution in [0.25, 0.3) is 0 Å². The molecule has 2 aromatic rings. The number of methoxy groups -OCH3 is 1. The molecular weight excluding hydrogens is 284 g/mol. The van der Waals surface area contributed by atoms with Crippen LogP contribution in [0.1, 0.15) is 24.0 Å². The number of carbonyl (C=O) groups excluding carboxylic acids is 1. The number of aryl methyl sites for hydroxylation is 1. The summed E-state index contributed by atoms with van der Waals surface area (Å²) in [6, 6.07) is 15.6. The lowest BCUT2D eigenvalue weighted by molar-refractivity contribution is -0.118. The Kier molecular flexibility index (Phi) is 5.82. The Morgan fingerprint density at radius 3 is 2.62 bits per heavy atom. The van der Waals surface area contributed by atoms with Crippen LogP contribution in [-0.2, 0) is 17.6 Å². The zero-order chi connectivity index (χ0) is 15.1. The minimum Gasteiger partial charge on any atom is -0.496 e. The van der Waals surface area contributed by atoms with E-state index in [2.05, 4.69) is 12.1 Å². The average Bonchev–Trinajstić information content (AvgIpc) is 2.48. The number of carbonyl (C=O) groups is 1. The van der Waals surface area contributed by atoms with Crippen molar-refractivity contribution >= 4 is 17.4 Å². The highest BCUT2D eigenvalue weighted by molar-refractivity contribution is 6.30. The molecule has 0 heterocycles. The molecule has 0 spiro atoms. The smallest absolute Gasteiger partial charge is 0.137 e. The first-order valence-corrected chi connectivity index (χ1v) is 7.45. The molecule has 0 bridgehead atoms. The molecule has 0 N–H and O–H groups in total. The van der Waals surface area contributed by atoms with Gasteiger partial charge in [-0.1, -0.05) is 41.9 Å². The Labute approximate surface area is 130 Å². The molecule has 2 nitrogen and oxygen atoms in total. The topological polar surface area (TPSA) is 26.3 Å². The fraction of sp³-hybridized carbons (Fsp3) is 0.278. The van der Waals surface area contributed by atoms with Crippen LogP contribution >= 0.6 is 11.6 Å². The zero-order valence-electron chi connectivity index (χ0n) is 12.1. The Bertz CT molecular complexity index is 593. The van der Waals surface area contributed by atoms with Crippen molar-refractivity contribution in [3.05, 3.63) is 64.7 Å². The maximum atomic E-state index is 12.1. The summed E-state index contributed by atoms with van der Waals surface area (Å²) in [5.74, 6) is 0.933. The highest BCUT2D eigenvalue weighted by Crippen LogP contribution is 2.23. The number of ether oxygens (including phenoxy) is 1. The molecule has 2 aromatic carbocycles. The van der Waals surface area contributed by atoms with Gasteiger partial charge in [-0.15, -0.1) is 0 Å². The van der Waals surface area contributed by atoms with Crippen LogP contribution in [0.15, 0.2) is 48.5 Å². The second-order valence-electron chi connectivity index (χ2n) is 5.01. The highest BCUT2D eigenvalue weighted by Gasteiger charge is 2.09. The quantitative estimate of drug-likeness (QED) is 0.753. The highest BCUT2D eigenvalue weighted by atomic mass is 35.5. The van der Waals surface area contributed by atoms with Crippen molar-refractivity contribution in [2.45, 2.75) is 25.7 Å². The molecule has 2 rings (SSSR count). The van der Waals surface area contributed by atoms with E-state index in [0.717, 1.165) is 24.2 Å². The Hall–Kier alpha value is -1.80. The van der Waals surface area contributed by atoms with Gasteiger partial charge in [0.1, 0.15) is 11.5 Å². The van der Waals surface area contributed by atoms with Crippen LogP contribution in [0.3, 0.4) is 0 Å². The summed E-state index contributed by atoms with van der Waals surface area (Å²) in [5.41, 5.74) is 2.13. The van der Waals surface area contributed by atoms with E-state index < -0.39 is 0 Å². The van der Waals surface area contributed by atoms with Crippen LogP contribution < -0.4 is 4.74 Å². The molecular formula is C18H19ClO2. The predicted molar refractivity (Wildman–Crippen MR) is 86.1 cm³/mol. The number of benzene rings is 2. The van der Waals surface area contributed by atoms with E-state index in [9.17, 15) is 4.79 Å². The van der Waals surface area contributed by atoms with Gasteiger partial charge in [0, 0.05) is 23.4 Å². The van der Waals surface area contributed by atoms with Crippen molar-refractivity contribution in [3.8, 4) is 5.75 Å². The fourth-order valence-corrected chi connectivity index (χ4v) is 2.52. The van der Waals surface area contributed by atoms with Crippen molar-refractivity contribution in [2.75, 3.05) is 7.11 Å². The summed E-state index contributed by atoms with van der Waals surface area (Å²) in [6.45, 7) is 0. The largest absolute Gasteiger partial charge is 0.496 e. The van der Waals surface area contributed by atoms with E-state index in [1.807, 2.05) is 18.2 Å². The predicted octanol–water partition coefficient (Wildman–Crippen LogP) is 4.48. The van der Waals surface area contributed by atoms with Gasteiger partial charge in [-0.05, 0) is 36.6 Å². The minimum absolute atomic E-state index is 0.214. The van der Waals surface area contributed by atoms with Crippen LogP contribution in [0.2, 0.25) is 5.02 Å². The van der Waals surface area contributed by atoms with Gasteiger partial charge in [0.2, 0.25) is 0 Å². The first-order valence-electron chi connectivity index (χ1n) is 7.07. The second-order valence-corrected chi connectivity index (χ2v) is 5.45. The van der Waals surface area contributed by atoms with Crippen molar-refractivity contribution in [1.29, 1.82) is 0 Å². The van der Waals surface area contributed by atoms with Crippen molar-refractivity contribution < 1.29 is 9.53 Å². The van der Waals surface area contributed by atoms with Gasteiger partial charge in [-0.2, -0.15) is 0 Å². The first kappa shape index (κ1) is 15.6. The molecule has 0 aliphatic rings. The third-order valence-corrected chi connectivity index (χ3v) is 3.63. The van der Waals surface area contributed by atoms with Crippen molar-refractivity contribution in [1.82, 2.24) is 0 Å². The van der Waals surface area contributed by atoms with Gasteiger partial charge >= 0.3 is 0 Å². The Balaban J connectivity index is 1.86. The molecule has 0 aromatic heterocycles.